The summed E-state index contributed by atoms with van der Waals surface area (Å²) in [4.78, 5) is 15.8. The molecule has 7 nitrogen and oxygen atoms in total. The third kappa shape index (κ3) is 4.95. The first-order chi connectivity index (χ1) is 15.0. The van der Waals surface area contributed by atoms with Gasteiger partial charge in [0.1, 0.15) is 11.5 Å². The van der Waals surface area contributed by atoms with Gasteiger partial charge >= 0.3 is 0 Å². The Bertz CT molecular complexity index is 897. The Balaban J connectivity index is 1.56. The molecule has 2 fully saturated rings. The molecule has 0 aromatic heterocycles. The third-order valence-corrected chi connectivity index (χ3v) is 6.22. The van der Waals surface area contributed by atoms with Crippen molar-refractivity contribution in [1.82, 2.24) is 10.2 Å². The Morgan fingerprint density at radius 2 is 1.87 bits per heavy atom. The molecule has 0 saturated heterocycles. The van der Waals surface area contributed by atoms with Crippen molar-refractivity contribution in [1.29, 1.82) is 0 Å². The van der Waals surface area contributed by atoms with Gasteiger partial charge in [0.25, 0.3) is 0 Å². The van der Waals surface area contributed by atoms with Gasteiger partial charge in [0.2, 0.25) is 11.9 Å². The number of amidine groups is 1. The van der Waals surface area contributed by atoms with Crippen molar-refractivity contribution in [3.63, 3.8) is 0 Å². The summed E-state index contributed by atoms with van der Waals surface area (Å²) in [6, 6.07) is 7.04. The normalized spacial score (nSPS) is 26.5. The number of guanidine groups is 2. The molecule has 1 heterocycles. The lowest BCUT2D eigenvalue weighted by atomic mass is 9.93. The molecule has 0 unspecified atom stereocenters. The Morgan fingerprint density at radius 3 is 2.55 bits per heavy atom. The van der Waals surface area contributed by atoms with E-state index in [2.05, 4.69) is 32.1 Å². The van der Waals surface area contributed by atoms with Gasteiger partial charge in [-0.05, 0) is 50.7 Å². The number of benzene rings is 1. The van der Waals surface area contributed by atoms with Gasteiger partial charge in [0, 0.05) is 19.1 Å². The average Bonchev–Trinajstić information content (AvgIpc) is 3.39. The molecule has 31 heavy (non-hydrogen) atoms. The maximum atomic E-state index is 14.3. The van der Waals surface area contributed by atoms with Gasteiger partial charge in [-0.15, -0.1) is 0 Å². The van der Waals surface area contributed by atoms with Crippen molar-refractivity contribution in [2.75, 3.05) is 12.4 Å². The number of hydrogen-bond donors (Lipinski definition) is 3. The number of aliphatic hydroxyl groups is 1. The number of aliphatic hydroxyl groups excluding tert-OH is 1. The van der Waals surface area contributed by atoms with Gasteiger partial charge in [-0.25, -0.2) is 9.38 Å². The van der Waals surface area contributed by atoms with E-state index in [0.29, 0.717) is 29.1 Å². The fraction of sp³-hybridized carbons (Fsp3) is 0.522. The molecule has 3 aliphatic rings. The maximum absolute atomic E-state index is 14.3. The molecule has 4 rings (SSSR count). The van der Waals surface area contributed by atoms with E-state index in [1.165, 1.54) is 6.07 Å². The van der Waals surface area contributed by atoms with Gasteiger partial charge < -0.3 is 15.7 Å². The molecule has 0 bridgehead atoms. The van der Waals surface area contributed by atoms with E-state index in [9.17, 15) is 9.50 Å². The first-order valence-electron chi connectivity index (χ1n) is 11.1. The molecule has 3 N–H and O–H groups in total. The topological polar surface area (TPSA) is 84.6 Å². The van der Waals surface area contributed by atoms with Crippen molar-refractivity contribution >= 4 is 23.4 Å². The van der Waals surface area contributed by atoms with Crippen LogP contribution in [0.15, 0.2) is 51.5 Å². The zero-order valence-electron chi connectivity index (χ0n) is 18.0. The van der Waals surface area contributed by atoms with Crippen LogP contribution in [0, 0.1) is 5.82 Å². The first kappa shape index (κ1) is 21.5. The second-order valence-corrected chi connectivity index (χ2v) is 8.43. The van der Waals surface area contributed by atoms with Crippen LogP contribution in [0.5, 0.6) is 0 Å². The molecule has 0 spiro atoms. The van der Waals surface area contributed by atoms with Gasteiger partial charge in [-0.1, -0.05) is 31.6 Å². The van der Waals surface area contributed by atoms with Crippen LogP contribution in [-0.4, -0.2) is 53.0 Å². The lowest BCUT2D eigenvalue weighted by Crippen LogP contribution is -2.45. The summed E-state index contributed by atoms with van der Waals surface area (Å²) < 4.78 is 14.3. The molecule has 1 aromatic rings. The van der Waals surface area contributed by atoms with Crippen LogP contribution in [0.4, 0.5) is 10.1 Å². The Kier molecular flexibility index (Phi) is 6.65. The second-order valence-electron chi connectivity index (χ2n) is 8.43. The molecule has 0 atom stereocenters. The van der Waals surface area contributed by atoms with Crippen molar-refractivity contribution in [2.24, 2.45) is 15.0 Å². The Labute approximate surface area is 182 Å². The highest BCUT2D eigenvalue weighted by Gasteiger charge is 2.35. The van der Waals surface area contributed by atoms with Crippen molar-refractivity contribution < 1.29 is 9.50 Å². The summed E-state index contributed by atoms with van der Waals surface area (Å²) in [6.45, 7) is 4.11. The summed E-state index contributed by atoms with van der Waals surface area (Å²) >= 11 is 0. The molecule has 0 amide bonds. The van der Waals surface area contributed by atoms with Crippen molar-refractivity contribution in [3.8, 4) is 0 Å². The molecule has 0 radical (unpaired) electrons. The Hall–Kier alpha value is -2.74. The highest BCUT2D eigenvalue weighted by Crippen LogP contribution is 2.30. The number of para-hydroxylation sites is 1. The number of aliphatic imine (C=N–C) groups is 3. The van der Waals surface area contributed by atoms with Crippen molar-refractivity contribution in [3.05, 3.63) is 42.4 Å². The summed E-state index contributed by atoms with van der Waals surface area (Å²) in [7, 11) is 1.71. The summed E-state index contributed by atoms with van der Waals surface area (Å²) in [5.41, 5.74) is 0.911. The Morgan fingerprint density at radius 1 is 1.16 bits per heavy atom. The van der Waals surface area contributed by atoms with Crippen LogP contribution < -0.4 is 10.6 Å². The molecule has 8 heteroatoms. The highest BCUT2D eigenvalue weighted by molar-refractivity contribution is 6.20. The summed E-state index contributed by atoms with van der Waals surface area (Å²) in [6.07, 6.45) is 7.46. The fourth-order valence-corrected chi connectivity index (χ4v) is 4.52. The molecule has 166 valence electrons. The van der Waals surface area contributed by atoms with Crippen LogP contribution in [-0.2, 0) is 0 Å². The largest absolute Gasteiger partial charge is 0.393 e. The molecular formula is C23H31FN6O. The quantitative estimate of drug-likeness (QED) is 0.509. The van der Waals surface area contributed by atoms with E-state index in [-0.39, 0.29) is 24.0 Å². The van der Waals surface area contributed by atoms with Gasteiger partial charge in [0.15, 0.2) is 5.84 Å². The molecule has 2 saturated carbocycles. The van der Waals surface area contributed by atoms with Crippen LogP contribution in [0.1, 0.15) is 51.4 Å². The number of hydrogen-bond acceptors (Lipinski definition) is 4. The minimum absolute atomic E-state index is 0.209. The van der Waals surface area contributed by atoms with Gasteiger partial charge in [-0.2, -0.15) is 4.99 Å². The standard InChI is InChI=1S/C23H31FN6O/c1-15-21(29-22(25-2)27-16-11-13-18(31)14-12-16)30(17-7-3-4-8-17)23(26-15)28-20-10-6-5-9-19(20)24/h5-6,9-10,16-18,31H,1,3-4,7-8,11-14H2,2H3,(H,25,27)(H,26,28)/b29-21+. The minimum Gasteiger partial charge on any atom is -0.393 e. The monoisotopic (exact) mass is 426 g/mol. The van der Waals surface area contributed by atoms with E-state index in [0.717, 1.165) is 51.4 Å². The van der Waals surface area contributed by atoms with Crippen LogP contribution in [0.2, 0.25) is 0 Å². The van der Waals surface area contributed by atoms with Crippen LogP contribution in [0.25, 0.3) is 0 Å². The zero-order chi connectivity index (χ0) is 21.8. The smallest absolute Gasteiger partial charge is 0.219 e. The molecule has 1 aromatic carbocycles. The maximum Gasteiger partial charge on any atom is 0.219 e. The lowest BCUT2D eigenvalue weighted by molar-refractivity contribution is 0.120. The average molecular weight is 427 g/mol. The second kappa shape index (κ2) is 9.60. The van der Waals surface area contributed by atoms with Crippen LogP contribution in [0.3, 0.4) is 0 Å². The molecular weight excluding hydrogens is 395 g/mol. The first-order valence-corrected chi connectivity index (χ1v) is 11.1. The van der Waals surface area contributed by atoms with Crippen LogP contribution >= 0.6 is 0 Å². The van der Waals surface area contributed by atoms with Gasteiger partial charge in [-0.3, -0.25) is 9.89 Å². The molecule has 1 aliphatic heterocycles. The fourth-order valence-electron chi connectivity index (χ4n) is 4.52. The summed E-state index contributed by atoms with van der Waals surface area (Å²) in [5.74, 6) is 1.40. The number of rotatable bonds is 3. The number of halogens is 1. The van der Waals surface area contributed by atoms with Crippen molar-refractivity contribution in [2.45, 2.75) is 69.6 Å². The number of nitrogens with one attached hydrogen (secondary N) is 2. The highest BCUT2D eigenvalue weighted by atomic mass is 19.1. The molecule has 2 aliphatic carbocycles. The third-order valence-electron chi connectivity index (χ3n) is 6.22. The van der Waals surface area contributed by atoms with E-state index < -0.39 is 0 Å². The van der Waals surface area contributed by atoms with E-state index >= 15 is 0 Å². The number of anilines is 1. The zero-order valence-corrected chi connectivity index (χ0v) is 18.0. The van der Waals surface area contributed by atoms with E-state index in [1.54, 1.807) is 25.2 Å². The minimum atomic E-state index is -0.329. The van der Waals surface area contributed by atoms with Gasteiger partial charge in [0.05, 0.1) is 11.8 Å². The van der Waals surface area contributed by atoms with E-state index in [1.807, 2.05) is 0 Å². The predicted octanol–water partition coefficient (Wildman–Crippen LogP) is 3.64. The van der Waals surface area contributed by atoms with E-state index in [4.69, 9.17) is 4.99 Å². The predicted molar refractivity (Wildman–Crippen MR) is 123 cm³/mol. The summed E-state index contributed by atoms with van der Waals surface area (Å²) in [5, 5.41) is 16.3. The SMILES string of the molecule is C=C1N=C(Nc2ccccc2F)N(C2CCCC2)/C1=N/C(=N\C)NC1CCC(O)CC1. The number of nitrogens with zero attached hydrogens (tertiary/aromatic N) is 4. The lowest BCUT2D eigenvalue weighted by Gasteiger charge is -2.29.